The third-order valence-electron chi connectivity index (χ3n) is 5.19. The zero-order valence-corrected chi connectivity index (χ0v) is 17.3. The molecule has 154 valence electrons. The molecule has 5 rings (SSSR count). The highest BCUT2D eigenvalue weighted by Crippen LogP contribution is 2.30. The Morgan fingerprint density at radius 2 is 1.83 bits per heavy atom. The van der Waals surface area contributed by atoms with Gasteiger partial charge in [0.15, 0.2) is 11.5 Å². The van der Waals surface area contributed by atoms with Gasteiger partial charge < -0.3 is 20.7 Å². The molecule has 3 N–H and O–H groups in total. The summed E-state index contributed by atoms with van der Waals surface area (Å²) in [6.45, 7) is 3.56. The van der Waals surface area contributed by atoms with Crippen molar-refractivity contribution in [3.8, 4) is 17.1 Å². The number of hydrogen-bond donors (Lipinski definition) is 3. The molecule has 1 aliphatic heterocycles. The molecule has 0 aliphatic carbocycles. The molecule has 8 nitrogen and oxygen atoms in total. The molecule has 0 unspecified atom stereocenters. The van der Waals surface area contributed by atoms with Gasteiger partial charge in [-0.3, -0.25) is 0 Å². The molecule has 0 amide bonds. The number of rotatable bonds is 4. The molecule has 3 heterocycles. The van der Waals surface area contributed by atoms with E-state index in [1.165, 1.54) is 0 Å². The second-order valence-electron chi connectivity index (χ2n) is 7.22. The summed E-state index contributed by atoms with van der Waals surface area (Å²) in [5.74, 6) is 2.03. The van der Waals surface area contributed by atoms with E-state index in [9.17, 15) is 0 Å². The van der Waals surface area contributed by atoms with Crippen molar-refractivity contribution in [2.75, 3.05) is 38.6 Å². The van der Waals surface area contributed by atoms with E-state index in [0.717, 1.165) is 48.4 Å². The van der Waals surface area contributed by atoms with Crippen LogP contribution in [-0.2, 0) is 0 Å². The molecule has 0 bridgehead atoms. The smallest absolute Gasteiger partial charge is 0.226 e. The first-order valence-corrected chi connectivity index (χ1v) is 10.3. The van der Waals surface area contributed by atoms with Crippen LogP contribution in [0.2, 0.25) is 5.02 Å². The fraction of sp³-hybridized carbons (Fsp3) is 0.286. The Bertz CT molecular complexity index is 1180. The van der Waals surface area contributed by atoms with Gasteiger partial charge in [0.2, 0.25) is 5.95 Å². The van der Waals surface area contributed by atoms with Gasteiger partial charge in [-0.15, -0.1) is 5.10 Å². The second-order valence-corrected chi connectivity index (χ2v) is 7.63. The van der Waals surface area contributed by atoms with Crippen LogP contribution in [0, 0.1) is 0 Å². The molecule has 0 atom stereocenters. The third kappa shape index (κ3) is 3.54. The lowest BCUT2D eigenvalue weighted by Gasteiger charge is -2.18. The van der Waals surface area contributed by atoms with Crippen LogP contribution in [0.3, 0.4) is 0 Å². The minimum absolute atomic E-state index is 0.175. The van der Waals surface area contributed by atoms with Crippen molar-refractivity contribution in [1.29, 1.82) is 0 Å². The predicted molar refractivity (Wildman–Crippen MR) is 118 cm³/mol. The lowest BCUT2D eigenvalue weighted by atomic mass is 10.2. The van der Waals surface area contributed by atoms with Gasteiger partial charge in [-0.2, -0.15) is 4.52 Å². The molecule has 1 aliphatic rings. The number of benzene rings is 2. The maximum Gasteiger partial charge on any atom is 0.226 e. The van der Waals surface area contributed by atoms with E-state index in [4.69, 9.17) is 31.4 Å². The molecule has 30 heavy (non-hydrogen) atoms. The van der Waals surface area contributed by atoms with Gasteiger partial charge >= 0.3 is 0 Å². The average Bonchev–Trinajstić information content (AvgIpc) is 3.05. The maximum absolute atomic E-state index is 6.52. The van der Waals surface area contributed by atoms with E-state index in [0.29, 0.717) is 22.4 Å². The summed E-state index contributed by atoms with van der Waals surface area (Å²) in [6, 6.07) is 13.5. The minimum atomic E-state index is 0.175. The molecule has 0 saturated carbocycles. The topological polar surface area (TPSA) is 88.4 Å². The first-order chi connectivity index (χ1) is 14.7. The Morgan fingerprint density at radius 3 is 2.57 bits per heavy atom. The fourth-order valence-electron chi connectivity index (χ4n) is 3.65. The highest BCUT2D eigenvalue weighted by atomic mass is 35.5. The van der Waals surface area contributed by atoms with Crippen molar-refractivity contribution in [3.05, 3.63) is 47.5 Å². The molecule has 9 heteroatoms. The molecule has 4 aromatic rings. The Hall–Kier alpha value is -2.94. The molecular weight excluding hydrogens is 402 g/mol. The number of fused-ring (bicyclic) bond motifs is 3. The molecule has 2 aromatic heterocycles. The number of hydrogen-bond acceptors (Lipinski definition) is 7. The summed E-state index contributed by atoms with van der Waals surface area (Å²) >= 11 is 6.52. The minimum Gasteiger partial charge on any atom is -0.497 e. The van der Waals surface area contributed by atoms with Gasteiger partial charge in [0.25, 0.3) is 0 Å². The van der Waals surface area contributed by atoms with E-state index in [1.54, 1.807) is 11.6 Å². The normalized spacial score (nSPS) is 15.4. The van der Waals surface area contributed by atoms with Crippen LogP contribution in [0.5, 0.6) is 5.75 Å². The number of nitrogens with zero attached hydrogens (tertiary/aromatic N) is 4. The number of nitrogens with one attached hydrogen (secondary N) is 3. The Morgan fingerprint density at radius 1 is 1.07 bits per heavy atom. The highest BCUT2D eigenvalue weighted by molar-refractivity contribution is 6.36. The number of halogens is 1. The van der Waals surface area contributed by atoms with E-state index in [2.05, 4.69) is 16.0 Å². The molecular formula is C21H22ClN7O. The summed E-state index contributed by atoms with van der Waals surface area (Å²) in [5.41, 5.74) is 2.35. The predicted octanol–water partition coefficient (Wildman–Crippen LogP) is 2.58. The van der Waals surface area contributed by atoms with Gasteiger partial charge in [0.05, 0.1) is 29.1 Å². The van der Waals surface area contributed by atoms with Crippen LogP contribution in [0.1, 0.15) is 0 Å². The second kappa shape index (κ2) is 8.06. The van der Waals surface area contributed by atoms with Gasteiger partial charge in [-0.25, -0.2) is 9.97 Å². The first kappa shape index (κ1) is 19.0. The fourth-order valence-corrected chi connectivity index (χ4v) is 3.91. The number of methoxy groups -OCH3 is 1. The number of aromatic nitrogens is 4. The average molecular weight is 424 g/mol. The zero-order chi connectivity index (χ0) is 20.5. The zero-order valence-electron chi connectivity index (χ0n) is 16.5. The van der Waals surface area contributed by atoms with E-state index in [-0.39, 0.29) is 6.04 Å². The standard InChI is InChI=1S/C21H22ClN7O/c1-30-15-7-5-13(6-8-15)19-27-20-18-16(22)3-2-4-17(18)26-21(29(20)28-19)25-14-11-23-9-10-24-12-14/h2-8,14,23-24H,9-12H2,1H3,(H,25,26). The van der Waals surface area contributed by atoms with Crippen molar-refractivity contribution >= 4 is 34.1 Å². The Kier molecular flexibility index (Phi) is 5.12. The monoisotopic (exact) mass is 423 g/mol. The van der Waals surface area contributed by atoms with Gasteiger partial charge in [-0.05, 0) is 36.4 Å². The highest BCUT2D eigenvalue weighted by Gasteiger charge is 2.19. The van der Waals surface area contributed by atoms with Gasteiger partial charge in [0, 0.05) is 31.7 Å². The summed E-state index contributed by atoms with van der Waals surface area (Å²) in [5, 5.41) is 16.5. The molecule has 0 radical (unpaired) electrons. The quantitative estimate of drug-likeness (QED) is 0.465. The van der Waals surface area contributed by atoms with Crippen molar-refractivity contribution in [2.45, 2.75) is 6.04 Å². The Balaban J connectivity index is 1.65. The van der Waals surface area contributed by atoms with Crippen LogP contribution >= 0.6 is 11.6 Å². The SMILES string of the molecule is COc1ccc(-c2nc3c4c(Cl)cccc4nc(NC4CNCCNC4)n3n2)cc1. The lowest BCUT2D eigenvalue weighted by molar-refractivity contribution is 0.415. The van der Waals surface area contributed by atoms with Gasteiger partial charge in [0.1, 0.15) is 5.75 Å². The third-order valence-corrected chi connectivity index (χ3v) is 5.51. The summed E-state index contributed by atoms with van der Waals surface area (Å²) < 4.78 is 7.00. The maximum atomic E-state index is 6.52. The van der Waals surface area contributed by atoms with Gasteiger partial charge in [-0.1, -0.05) is 17.7 Å². The van der Waals surface area contributed by atoms with Crippen molar-refractivity contribution < 1.29 is 4.74 Å². The van der Waals surface area contributed by atoms with Crippen molar-refractivity contribution in [3.63, 3.8) is 0 Å². The van der Waals surface area contributed by atoms with Crippen LogP contribution in [0.4, 0.5) is 5.95 Å². The van der Waals surface area contributed by atoms with E-state index in [1.807, 2.05) is 42.5 Å². The molecule has 2 aromatic carbocycles. The first-order valence-electron chi connectivity index (χ1n) is 9.90. The largest absolute Gasteiger partial charge is 0.497 e. The van der Waals surface area contributed by atoms with Crippen molar-refractivity contribution in [2.24, 2.45) is 0 Å². The molecule has 1 fully saturated rings. The number of anilines is 1. The number of ether oxygens (including phenoxy) is 1. The van der Waals surface area contributed by atoms with E-state index < -0.39 is 0 Å². The molecule has 0 spiro atoms. The van der Waals surface area contributed by atoms with Crippen molar-refractivity contribution in [1.82, 2.24) is 30.2 Å². The van der Waals surface area contributed by atoms with Crippen LogP contribution < -0.4 is 20.7 Å². The summed E-state index contributed by atoms with van der Waals surface area (Å²) in [6.07, 6.45) is 0. The van der Waals surface area contributed by atoms with Crippen LogP contribution in [-0.4, -0.2) is 58.9 Å². The Labute approximate surface area is 178 Å². The van der Waals surface area contributed by atoms with E-state index >= 15 is 0 Å². The molecule has 1 saturated heterocycles. The summed E-state index contributed by atoms with van der Waals surface area (Å²) in [7, 11) is 1.65. The lowest BCUT2D eigenvalue weighted by Crippen LogP contribution is -2.37. The van der Waals surface area contributed by atoms with Crippen LogP contribution in [0.25, 0.3) is 27.9 Å². The van der Waals surface area contributed by atoms with Crippen LogP contribution in [0.15, 0.2) is 42.5 Å². The summed E-state index contributed by atoms with van der Waals surface area (Å²) in [4.78, 5) is 9.63.